The lowest BCUT2D eigenvalue weighted by molar-refractivity contribution is 0.339. The largest absolute Gasteiger partial charge is 0.494 e. The number of aromatic nitrogens is 2. The van der Waals surface area contributed by atoms with Crippen molar-refractivity contribution in [2.24, 2.45) is 12.8 Å². The molecule has 1 aromatic heterocycles. The van der Waals surface area contributed by atoms with Crippen LogP contribution in [0.3, 0.4) is 0 Å². The van der Waals surface area contributed by atoms with E-state index in [0.29, 0.717) is 6.61 Å². The Bertz CT molecular complexity index is 507. The quantitative estimate of drug-likeness (QED) is 0.877. The molecule has 2 rings (SSSR count). The van der Waals surface area contributed by atoms with Gasteiger partial charge in [0, 0.05) is 25.7 Å². The van der Waals surface area contributed by atoms with Crippen molar-refractivity contribution in [3.05, 3.63) is 47.8 Å². The Labute approximate surface area is 107 Å². The van der Waals surface area contributed by atoms with Gasteiger partial charge in [0.05, 0.1) is 12.3 Å². The van der Waals surface area contributed by atoms with E-state index < -0.39 is 0 Å². The molecule has 0 spiro atoms. The molecule has 2 aromatic rings. The predicted molar refractivity (Wildman–Crippen MR) is 71.5 cm³/mol. The molecule has 96 valence electrons. The number of nitrogens with zero attached hydrogens (tertiary/aromatic N) is 2. The summed E-state index contributed by atoms with van der Waals surface area (Å²) in [5, 5.41) is 4.34. The van der Waals surface area contributed by atoms with Gasteiger partial charge in [-0.15, -0.1) is 0 Å². The van der Waals surface area contributed by atoms with Crippen molar-refractivity contribution >= 4 is 0 Å². The van der Waals surface area contributed by atoms with Gasteiger partial charge in [0.15, 0.2) is 0 Å². The number of ether oxygens (including phenoxy) is 1. The normalized spacial score (nSPS) is 12.4. The van der Waals surface area contributed by atoms with Gasteiger partial charge in [-0.05, 0) is 30.7 Å². The third-order valence-electron chi connectivity index (χ3n) is 2.80. The van der Waals surface area contributed by atoms with Crippen LogP contribution in [0.5, 0.6) is 5.75 Å². The van der Waals surface area contributed by atoms with E-state index in [9.17, 15) is 0 Å². The van der Waals surface area contributed by atoms with Crippen LogP contribution in [0.2, 0.25) is 0 Å². The zero-order chi connectivity index (χ0) is 13.0. The van der Waals surface area contributed by atoms with Gasteiger partial charge in [0.1, 0.15) is 5.75 Å². The second-order valence-corrected chi connectivity index (χ2v) is 4.30. The lowest BCUT2D eigenvalue weighted by Crippen LogP contribution is -2.14. The van der Waals surface area contributed by atoms with Crippen LogP contribution in [0.1, 0.15) is 24.2 Å². The van der Waals surface area contributed by atoms with Crippen LogP contribution in [0.4, 0.5) is 0 Å². The molecule has 0 aliphatic carbocycles. The Morgan fingerprint density at radius 3 is 2.89 bits per heavy atom. The minimum Gasteiger partial charge on any atom is -0.494 e. The topological polar surface area (TPSA) is 53.1 Å². The second-order valence-electron chi connectivity index (χ2n) is 4.30. The maximum Gasteiger partial charge on any atom is 0.119 e. The average Bonchev–Trinajstić information content (AvgIpc) is 2.75. The summed E-state index contributed by atoms with van der Waals surface area (Å²) in [7, 11) is 1.91. The first-order valence-corrected chi connectivity index (χ1v) is 6.16. The van der Waals surface area contributed by atoms with Crippen LogP contribution in [0.15, 0.2) is 36.5 Å². The smallest absolute Gasteiger partial charge is 0.119 e. The summed E-state index contributed by atoms with van der Waals surface area (Å²) in [5.74, 6) is 0.867. The van der Waals surface area contributed by atoms with Gasteiger partial charge >= 0.3 is 0 Å². The van der Waals surface area contributed by atoms with Crippen LogP contribution in [-0.2, 0) is 13.5 Å². The maximum atomic E-state index is 6.20. The van der Waals surface area contributed by atoms with Gasteiger partial charge in [0.2, 0.25) is 0 Å². The first kappa shape index (κ1) is 12.6. The number of aryl methyl sites for hydroxylation is 1. The lowest BCUT2D eigenvalue weighted by atomic mass is 10.0. The summed E-state index contributed by atoms with van der Waals surface area (Å²) in [6.45, 7) is 2.64. The van der Waals surface area contributed by atoms with Crippen molar-refractivity contribution in [2.75, 3.05) is 6.61 Å². The van der Waals surface area contributed by atoms with E-state index in [1.807, 2.05) is 50.5 Å². The van der Waals surface area contributed by atoms with Crippen molar-refractivity contribution < 1.29 is 4.74 Å². The molecule has 1 aromatic carbocycles. The fraction of sp³-hybridized carbons (Fsp3) is 0.357. The van der Waals surface area contributed by atoms with Crippen LogP contribution in [-0.4, -0.2) is 16.4 Å². The minimum atomic E-state index is -0.0553. The number of hydrogen-bond acceptors (Lipinski definition) is 3. The first-order valence-electron chi connectivity index (χ1n) is 6.16. The van der Waals surface area contributed by atoms with E-state index in [0.717, 1.165) is 23.4 Å². The number of hydrogen-bond donors (Lipinski definition) is 1. The third kappa shape index (κ3) is 3.11. The van der Waals surface area contributed by atoms with Crippen LogP contribution in [0, 0.1) is 0 Å². The van der Waals surface area contributed by atoms with E-state index in [2.05, 4.69) is 5.10 Å². The van der Waals surface area contributed by atoms with E-state index in [4.69, 9.17) is 10.5 Å². The second kappa shape index (κ2) is 5.69. The molecular formula is C14H19N3O. The van der Waals surface area contributed by atoms with Crippen molar-refractivity contribution in [1.29, 1.82) is 0 Å². The summed E-state index contributed by atoms with van der Waals surface area (Å²) in [6, 6.07) is 9.87. The van der Waals surface area contributed by atoms with Crippen LogP contribution < -0.4 is 10.5 Å². The Morgan fingerprint density at radius 1 is 1.39 bits per heavy atom. The van der Waals surface area contributed by atoms with Crippen molar-refractivity contribution in [3.63, 3.8) is 0 Å². The summed E-state index contributed by atoms with van der Waals surface area (Å²) < 4.78 is 7.27. The fourth-order valence-electron chi connectivity index (χ4n) is 1.92. The van der Waals surface area contributed by atoms with Gasteiger partial charge in [-0.2, -0.15) is 5.10 Å². The Morgan fingerprint density at radius 2 is 2.22 bits per heavy atom. The number of rotatable bonds is 5. The van der Waals surface area contributed by atoms with Gasteiger partial charge in [-0.25, -0.2) is 0 Å². The minimum absolute atomic E-state index is 0.0553. The van der Waals surface area contributed by atoms with Gasteiger partial charge in [0.25, 0.3) is 0 Å². The zero-order valence-electron chi connectivity index (χ0n) is 10.8. The molecule has 2 N–H and O–H groups in total. The standard InChI is InChI=1S/C14H19N3O/c1-3-18-13-6-4-5-11(9-13)14(15)10-12-7-8-17(2)16-12/h4-9,14H,3,10,15H2,1-2H3. The zero-order valence-corrected chi connectivity index (χ0v) is 10.8. The molecule has 18 heavy (non-hydrogen) atoms. The fourth-order valence-corrected chi connectivity index (χ4v) is 1.92. The molecule has 0 aliphatic heterocycles. The molecule has 0 saturated carbocycles. The molecule has 0 bridgehead atoms. The third-order valence-corrected chi connectivity index (χ3v) is 2.80. The van der Waals surface area contributed by atoms with E-state index in [-0.39, 0.29) is 6.04 Å². The highest BCUT2D eigenvalue weighted by molar-refractivity contribution is 5.31. The van der Waals surface area contributed by atoms with E-state index in [1.54, 1.807) is 4.68 Å². The van der Waals surface area contributed by atoms with Crippen LogP contribution >= 0.6 is 0 Å². The molecule has 0 amide bonds. The highest BCUT2D eigenvalue weighted by atomic mass is 16.5. The molecule has 4 heteroatoms. The summed E-state index contributed by atoms with van der Waals surface area (Å²) >= 11 is 0. The predicted octanol–water partition coefficient (Wildman–Crippen LogP) is 2.06. The summed E-state index contributed by atoms with van der Waals surface area (Å²) in [4.78, 5) is 0. The van der Waals surface area contributed by atoms with Crippen molar-refractivity contribution in [1.82, 2.24) is 9.78 Å². The summed E-state index contributed by atoms with van der Waals surface area (Å²) in [6.07, 6.45) is 2.66. The lowest BCUT2D eigenvalue weighted by Gasteiger charge is -2.12. The summed E-state index contributed by atoms with van der Waals surface area (Å²) in [5.41, 5.74) is 8.28. The van der Waals surface area contributed by atoms with E-state index >= 15 is 0 Å². The molecule has 0 fully saturated rings. The Kier molecular flexibility index (Phi) is 3.99. The molecule has 1 atom stereocenters. The van der Waals surface area contributed by atoms with Gasteiger partial charge in [-0.1, -0.05) is 12.1 Å². The Hall–Kier alpha value is -1.81. The van der Waals surface area contributed by atoms with Gasteiger partial charge < -0.3 is 10.5 Å². The highest BCUT2D eigenvalue weighted by Crippen LogP contribution is 2.20. The first-order chi connectivity index (χ1) is 8.69. The number of nitrogens with two attached hydrogens (primary N) is 1. The van der Waals surface area contributed by atoms with Crippen molar-refractivity contribution in [3.8, 4) is 5.75 Å². The SMILES string of the molecule is CCOc1cccc(C(N)Cc2ccn(C)n2)c1. The maximum absolute atomic E-state index is 6.20. The monoisotopic (exact) mass is 245 g/mol. The molecular weight excluding hydrogens is 226 g/mol. The average molecular weight is 245 g/mol. The molecule has 4 nitrogen and oxygen atoms in total. The number of benzene rings is 1. The molecule has 0 aliphatic rings. The van der Waals surface area contributed by atoms with Gasteiger partial charge in [-0.3, -0.25) is 4.68 Å². The highest BCUT2D eigenvalue weighted by Gasteiger charge is 2.09. The Balaban J connectivity index is 2.08. The molecule has 0 saturated heterocycles. The molecule has 1 unspecified atom stereocenters. The van der Waals surface area contributed by atoms with E-state index in [1.165, 1.54) is 0 Å². The molecule has 0 radical (unpaired) electrons. The van der Waals surface area contributed by atoms with Crippen molar-refractivity contribution in [2.45, 2.75) is 19.4 Å². The molecule has 1 heterocycles. The van der Waals surface area contributed by atoms with Crippen LogP contribution in [0.25, 0.3) is 0 Å².